The fraction of sp³-hybridized carbons (Fsp3) is 0.385. The Hall–Kier alpha value is -2.04. The number of hydrogen-bond acceptors (Lipinski definition) is 4. The van der Waals surface area contributed by atoms with Crippen LogP contribution in [0.4, 0.5) is 5.69 Å². The lowest BCUT2D eigenvalue weighted by molar-refractivity contribution is -0.142. The second-order valence-corrected chi connectivity index (χ2v) is 3.65. The molecule has 0 aliphatic heterocycles. The molecule has 0 aliphatic rings. The number of esters is 1. The molecule has 0 aromatic heterocycles. The summed E-state index contributed by atoms with van der Waals surface area (Å²) in [7, 11) is 0. The summed E-state index contributed by atoms with van der Waals surface area (Å²) >= 11 is 0. The number of ether oxygens (including phenoxy) is 1. The summed E-state index contributed by atoms with van der Waals surface area (Å²) in [5.74, 6) is -0.514. The Morgan fingerprint density at radius 3 is 2.33 bits per heavy atom. The molecule has 1 rings (SSSR count). The van der Waals surface area contributed by atoms with Crippen LogP contribution in [0.5, 0.6) is 5.75 Å². The van der Waals surface area contributed by atoms with Crippen molar-refractivity contribution in [2.45, 2.75) is 20.3 Å². The Morgan fingerprint density at radius 2 is 1.83 bits per heavy atom. The van der Waals surface area contributed by atoms with Crippen LogP contribution in [0.2, 0.25) is 0 Å². The van der Waals surface area contributed by atoms with Crippen LogP contribution in [-0.2, 0) is 14.3 Å². The zero-order valence-electron chi connectivity index (χ0n) is 10.5. The highest BCUT2D eigenvalue weighted by Crippen LogP contribution is 2.19. The molecule has 5 heteroatoms. The zero-order valence-corrected chi connectivity index (χ0v) is 10.5. The first-order valence-corrected chi connectivity index (χ1v) is 5.83. The van der Waals surface area contributed by atoms with Crippen LogP contribution in [0.15, 0.2) is 24.3 Å². The number of rotatable bonds is 5. The second-order valence-electron chi connectivity index (χ2n) is 3.65. The molecule has 0 aliphatic carbocycles. The molecule has 0 spiro atoms. The average molecular weight is 251 g/mol. The SMILES string of the molecule is CCOC(=O)CN(C(=O)CC)c1ccc(O)cc1. The van der Waals surface area contributed by atoms with E-state index in [0.29, 0.717) is 12.1 Å². The first-order valence-electron chi connectivity index (χ1n) is 5.83. The fourth-order valence-corrected chi connectivity index (χ4v) is 1.48. The maximum absolute atomic E-state index is 11.8. The van der Waals surface area contributed by atoms with E-state index in [1.54, 1.807) is 26.0 Å². The Bertz CT molecular complexity index is 414. The van der Waals surface area contributed by atoms with Gasteiger partial charge >= 0.3 is 5.97 Å². The van der Waals surface area contributed by atoms with Crippen LogP contribution < -0.4 is 4.90 Å². The number of carbonyl (C=O) groups excluding carboxylic acids is 2. The minimum Gasteiger partial charge on any atom is -0.508 e. The van der Waals surface area contributed by atoms with E-state index in [2.05, 4.69) is 0 Å². The minimum absolute atomic E-state index is 0.110. The van der Waals surface area contributed by atoms with Crippen LogP contribution in [0.3, 0.4) is 0 Å². The summed E-state index contributed by atoms with van der Waals surface area (Å²) in [6.07, 6.45) is 0.292. The monoisotopic (exact) mass is 251 g/mol. The standard InChI is InChI=1S/C13H17NO4/c1-3-12(16)14(9-13(17)18-4-2)10-5-7-11(15)8-6-10/h5-8,15H,3-4,9H2,1-2H3. The molecule has 0 saturated carbocycles. The van der Waals surface area contributed by atoms with Gasteiger partial charge in [0.15, 0.2) is 0 Å². The predicted molar refractivity (Wildman–Crippen MR) is 67.4 cm³/mol. The number of aromatic hydroxyl groups is 1. The van der Waals surface area contributed by atoms with Crippen LogP contribution in [-0.4, -0.2) is 30.1 Å². The van der Waals surface area contributed by atoms with E-state index in [1.807, 2.05) is 0 Å². The molecular formula is C13H17NO4. The first kappa shape index (κ1) is 14.0. The molecule has 0 heterocycles. The predicted octanol–water partition coefficient (Wildman–Crippen LogP) is 1.70. The van der Waals surface area contributed by atoms with Crippen molar-refractivity contribution in [3.63, 3.8) is 0 Å². The number of benzene rings is 1. The quantitative estimate of drug-likeness (QED) is 0.809. The number of carbonyl (C=O) groups is 2. The van der Waals surface area contributed by atoms with Crippen molar-refractivity contribution < 1.29 is 19.4 Å². The zero-order chi connectivity index (χ0) is 13.5. The van der Waals surface area contributed by atoms with E-state index >= 15 is 0 Å². The van der Waals surface area contributed by atoms with Gasteiger partial charge in [0.05, 0.1) is 6.61 Å². The summed E-state index contributed by atoms with van der Waals surface area (Å²) in [5.41, 5.74) is 0.563. The van der Waals surface area contributed by atoms with Crippen LogP contribution >= 0.6 is 0 Å². The van der Waals surface area contributed by atoms with Gasteiger partial charge in [-0.05, 0) is 31.2 Å². The number of anilines is 1. The van der Waals surface area contributed by atoms with Gasteiger partial charge in [-0.2, -0.15) is 0 Å². The van der Waals surface area contributed by atoms with Gasteiger partial charge < -0.3 is 14.7 Å². The number of hydrogen-bond donors (Lipinski definition) is 1. The smallest absolute Gasteiger partial charge is 0.326 e. The molecule has 5 nitrogen and oxygen atoms in total. The summed E-state index contributed by atoms with van der Waals surface area (Å²) in [6.45, 7) is 3.60. The van der Waals surface area contributed by atoms with Crippen LogP contribution in [0.25, 0.3) is 0 Å². The van der Waals surface area contributed by atoms with Gasteiger partial charge in [-0.3, -0.25) is 9.59 Å². The lowest BCUT2D eigenvalue weighted by Gasteiger charge is -2.21. The Kier molecular flexibility index (Phi) is 5.17. The third-order valence-electron chi connectivity index (χ3n) is 2.36. The third-order valence-corrected chi connectivity index (χ3v) is 2.36. The van der Waals surface area contributed by atoms with E-state index in [4.69, 9.17) is 4.74 Å². The van der Waals surface area contributed by atoms with Crippen molar-refractivity contribution in [1.29, 1.82) is 0 Å². The molecule has 0 bridgehead atoms. The Labute approximate surface area is 106 Å². The van der Waals surface area contributed by atoms with E-state index in [-0.39, 0.29) is 24.8 Å². The van der Waals surface area contributed by atoms with Gasteiger partial charge in [-0.15, -0.1) is 0 Å². The topological polar surface area (TPSA) is 66.8 Å². The van der Waals surface area contributed by atoms with Gasteiger partial charge in [-0.25, -0.2) is 0 Å². The highest BCUT2D eigenvalue weighted by molar-refractivity contribution is 5.97. The van der Waals surface area contributed by atoms with Crippen molar-refractivity contribution in [1.82, 2.24) is 0 Å². The number of amides is 1. The third kappa shape index (κ3) is 3.76. The van der Waals surface area contributed by atoms with Crippen molar-refractivity contribution in [3.05, 3.63) is 24.3 Å². The van der Waals surface area contributed by atoms with Crippen molar-refractivity contribution in [2.24, 2.45) is 0 Å². The summed E-state index contributed by atoms with van der Waals surface area (Å²) < 4.78 is 4.83. The number of phenols is 1. The second kappa shape index (κ2) is 6.64. The first-order chi connectivity index (χ1) is 8.58. The van der Waals surface area contributed by atoms with E-state index in [1.165, 1.54) is 17.0 Å². The van der Waals surface area contributed by atoms with E-state index in [9.17, 15) is 14.7 Å². The van der Waals surface area contributed by atoms with Gasteiger partial charge in [0.1, 0.15) is 12.3 Å². The highest BCUT2D eigenvalue weighted by Gasteiger charge is 2.18. The lowest BCUT2D eigenvalue weighted by atomic mass is 10.2. The molecule has 1 amide bonds. The van der Waals surface area contributed by atoms with Crippen LogP contribution in [0.1, 0.15) is 20.3 Å². The molecule has 18 heavy (non-hydrogen) atoms. The van der Waals surface area contributed by atoms with Crippen LogP contribution in [0, 0.1) is 0 Å². The Morgan fingerprint density at radius 1 is 1.22 bits per heavy atom. The van der Waals surface area contributed by atoms with Crippen molar-refractivity contribution >= 4 is 17.6 Å². The molecule has 0 fully saturated rings. The van der Waals surface area contributed by atoms with E-state index in [0.717, 1.165) is 0 Å². The summed E-state index contributed by atoms with van der Waals surface area (Å²) in [4.78, 5) is 24.6. The highest BCUT2D eigenvalue weighted by atomic mass is 16.5. The van der Waals surface area contributed by atoms with Gasteiger partial charge in [0, 0.05) is 12.1 Å². The average Bonchev–Trinajstić information content (AvgIpc) is 2.36. The molecular weight excluding hydrogens is 234 g/mol. The van der Waals surface area contributed by atoms with Gasteiger partial charge in [-0.1, -0.05) is 6.92 Å². The molecule has 98 valence electrons. The molecule has 1 N–H and O–H groups in total. The largest absolute Gasteiger partial charge is 0.508 e. The lowest BCUT2D eigenvalue weighted by Crippen LogP contribution is -2.36. The molecule has 0 radical (unpaired) electrons. The minimum atomic E-state index is -0.452. The number of nitrogens with zero attached hydrogens (tertiary/aromatic N) is 1. The molecule has 0 unspecified atom stereocenters. The van der Waals surface area contributed by atoms with Crippen molar-refractivity contribution in [3.8, 4) is 5.75 Å². The normalized spacial score (nSPS) is 9.89. The summed E-state index contributed by atoms with van der Waals surface area (Å²) in [6, 6.07) is 6.11. The fourth-order valence-electron chi connectivity index (χ4n) is 1.48. The number of phenolic OH excluding ortho intramolecular Hbond substituents is 1. The van der Waals surface area contributed by atoms with E-state index < -0.39 is 5.97 Å². The molecule has 0 saturated heterocycles. The maximum Gasteiger partial charge on any atom is 0.326 e. The van der Waals surface area contributed by atoms with Crippen molar-refractivity contribution in [2.75, 3.05) is 18.1 Å². The molecule has 0 atom stereocenters. The molecule has 1 aromatic carbocycles. The van der Waals surface area contributed by atoms with Gasteiger partial charge in [0.25, 0.3) is 0 Å². The summed E-state index contributed by atoms with van der Waals surface area (Å²) in [5, 5.41) is 9.21. The molecule has 1 aromatic rings. The van der Waals surface area contributed by atoms with Gasteiger partial charge in [0.2, 0.25) is 5.91 Å². The Balaban J connectivity index is 2.88. The maximum atomic E-state index is 11.8.